The molecular formula is C12H12N2O4. The summed E-state index contributed by atoms with van der Waals surface area (Å²) in [6.45, 7) is 7.27. The number of carbonyl (C=O) groups is 1. The number of benzene rings is 1. The van der Waals surface area contributed by atoms with Crippen LogP contribution in [0.4, 0.5) is 16.2 Å². The normalized spacial score (nSPS) is 17.8. The summed E-state index contributed by atoms with van der Waals surface area (Å²) in [5.74, 6) is 0.353. The largest absolute Gasteiger partial charge is 0.420 e. The average Bonchev–Trinajstić information content (AvgIpc) is 2.48. The van der Waals surface area contributed by atoms with Gasteiger partial charge in [0.25, 0.3) is 5.69 Å². The van der Waals surface area contributed by atoms with Crippen LogP contribution < -0.4 is 4.90 Å². The molecule has 0 N–H and O–H groups in total. The van der Waals surface area contributed by atoms with Gasteiger partial charge >= 0.3 is 6.09 Å². The first-order valence-electron chi connectivity index (χ1n) is 5.30. The van der Waals surface area contributed by atoms with Crippen molar-refractivity contribution in [2.24, 2.45) is 0 Å². The summed E-state index contributed by atoms with van der Waals surface area (Å²) in [6.07, 6.45) is -0.529. The van der Waals surface area contributed by atoms with Crippen LogP contribution in [0, 0.1) is 10.1 Å². The zero-order chi connectivity index (χ0) is 13.5. The van der Waals surface area contributed by atoms with E-state index in [1.807, 2.05) is 0 Å². The molecule has 0 aliphatic carbocycles. The van der Waals surface area contributed by atoms with E-state index >= 15 is 0 Å². The molecule has 1 aromatic rings. The number of anilines is 1. The van der Waals surface area contributed by atoms with E-state index < -0.39 is 16.6 Å². The zero-order valence-corrected chi connectivity index (χ0v) is 10.0. The number of hydrogen-bond donors (Lipinski definition) is 0. The molecular weight excluding hydrogens is 236 g/mol. The third kappa shape index (κ3) is 1.71. The second-order valence-corrected chi connectivity index (χ2v) is 4.46. The van der Waals surface area contributed by atoms with E-state index in [4.69, 9.17) is 4.74 Å². The monoisotopic (exact) mass is 248 g/mol. The summed E-state index contributed by atoms with van der Waals surface area (Å²) in [4.78, 5) is 23.2. The lowest BCUT2D eigenvalue weighted by Crippen LogP contribution is -2.41. The summed E-state index contributed by atoms with van der Waals surface area (Å²) < 4.78 is 4.98. The van der Waals surface area contributed by atoms with Crippen molar-refractivity contribution in [2.45, 2.75) is 19.4 Å². The van der Waals surface area contributed by atoms with Gasteiger partial charge in [-0.25, -0.2) is 4.79 Å². The third-order valence-corrected chi connectivity index (χ3v) is 2.95. The minimum absolute atomic E-state index is 0.0250. The molecule has 0 bridgehead atoms. The standard InChI is InChI=1S/C12H12N2O4/c1-8-12(2,3)13(11(15)18-8)9-4-6-10(7-5-9)14(16)17/h4-7H,1H2,2-3H3. The Balaban J connectivity index is 2.40. The topological polar surface area (TPSA) is 72.7 Å². The van der Waals surface area contributed by atoms with Gasteiger partial charge in [0, 0.05) is 17.8 Å². The van der Waals surface area contributed by atoms with Crippen LogP contribution in [0.3, 0.4) is 0 Å². The van der Waals surface area contributed by atoms with Crippen LogP contribution in [0.25, 0.3) is 0 Å². The van der Waals surface area contributed by atoms with E-state index in [-0.39, 0.29) is 5.69 Å². The van der Waals surface area contributed by atoms with Gasteiger partial charge in [-0.1, -0.05) is 6.58 Å². The number of hydrogen-bond acceptors (Lipinski definition) is 4. The summed E-state index contributed by atoms with van der Waals surface area (Å²) in [5.41, 5.74) is -0.162. The first-order valence-corrected chi connectivity index (χ1v) is 5.30. The van der Waals surface area contributed by atoms with Crippen LogP contribution in [0.5, 0.6) is 0 Å². The summed E-state index contributed by atoms with van der Waals surface area (Å²) in [5, 5.41) is 10.6. The van der Waals surface area contributed by atoms with Gasteiger partial charge in [-0.2, -0.15) is 0 Å². The highest BCUT2D eigenvalue weighted by Crippen LogP contribution is 2.36. The van der Waals surface area contributed by atoms with Gasteiger partial charge in [-0.05, 0) is 26.0 Å². The van der Waals surface area contributed by atoms with Gasteiger partial charge in [0.1, 0.15) is 11.3 Å². The molecule has 0 unspecified atom stereocenters. The molecule has 6 nitrogen and oxygen atoms in total. The summed E-state index contributed by atoms with van der Waals surface area (Å²) in [7, 11) is 0. The number of nitro benzene ring substituents is 1. The van der Waals surface area contributed by atoms with Crippen molar-refractivity contribution in [3.8, 4) is 0 Å². The fourth-order valence-electron chi connectivity index (χ4n) is 1.78. The summed E-state index contributed by atoms with van der Waals surface area (Å²) >= 11 is 0. The predicted octanol–water partition coefficient (Wildman–Crippen LogP) is 2.84. The molecule has 94 valence electrons. The van der Waals surface area contributed by atoms with Crippen LogP contribution in [0.2, 0.25) is 0 Å². The second kappa shape index (κ2) is 3.83. The number of rotatable bonds is 2. The Morgan fingerprint density at radius 1 is 1.33 bits per heavy atom. The van der Waals surface area contributed by atoms with Gasteiger partial charge in [-0.15, -0.1) is 0 Å². The first-order chi connectivity index (χ1) is 8.34. The van der Waals surface area contributed by atoms with Crippen molar-refractivity contribution >= 4 is 17.5 Å². The molecule has 0 aromatic heterocycles. The molecule has 6 heteroatoms. The Labute approximate surface area is 104 Å². The molecule has 1 aliphatic rings. The molecule has 1 aromatic carbocycles. The highest BCUT2D eigenvalue weighted by Gasteiger charge is 2.44. The van der Waals surface area contributed by atoms with E-state index in [1.165, 1.54) is 29.2 Å². The van der Waals surface area contributed by atoms with Crippen LogP contribution in [0.15, 0.2) is 36.6 Å². The number of nitrogens with zero attached hydrogens (tertiary/aromatic N) is 2. The van der Waals surface area contributed by atoms with Gasteiger partial charge in [0.2, 0.25) is 0 Å². The zero-order valence-electron chi connectivity index (χ0n) is 10.0. The predicted molar refractivity (Wildman–Crippen MR) is 65.3 cm³/mol. The minimum atomic E-state index is -0.673. The molecule has 1 aliphatic heterocycles. The van der Waals surface area contributed by atoms with Gasteiger partial charge < -0.3 is 4.74 Å². The molecule has 1 fully saturated rings. The Morgan fingerprint density at radius 2 is 1.89 bits per heavy atom. The van der Waals surface area contributed by atoms with E-state index in [2.05, 4.69) is 6.58 Å². The molecule has 0 atom stereocenters. The summed E-state index contributed by atoms with van der Waals surface area (Å²) in [6, 6.07) is 5.72. The Kier molecular flexibility index (Phi) is 2.58. The number of ether oxygens (including phenoxy) is 1. The van der Waals surface area contributed by atoms with Crippen molar-refractivity contribution in [3.05, 3.63) is 46.7 Å². The van der Waals surface area contributed by atoms with Crippen molar-refractivity contribution < 1.29 is 14.5 Å². The number of carbonyl (C=O) groups excluding carboxylic acids is 1. The van der Waals surface area contributed by atoms with Crippen molar-refractivity contribution in [1.29, 1.82) is 0 Å². The second-order valence-electron chi connectivity index (χ2n) is 4.46. The van der Waals surface area contributed by atoms with Crippen LogP contribution in [0.1, 0.15) is 13.8 Å². The van der Waals surface area contributed by atoms with Crippen molar-refractivity contribution in [2.75, 3.05) is 4.90 Å². The highest BCUT2D eigenvalue weighted by molar-refractivity contribution is 5.93. The minimum Gasteiger partial charge on any atom is -0.413 e. The molecule has 0 radical (unpaired) electrons. The molecule has 0 saturated carbocycles. The van der Waals surface area contributed by atoms with Crippen LogP contribution >= 0.6 is 0 Å². The molecule has 1 saturated heterocycles. The number of amides is 1. The van der Waals surface area contributed by atoms with Crippen molar-refractivity contribution in [1.82, 2.24) is 0 Å². The van der Waals surface area contributed by atoms with Gasteiger partial charge in [0.05, 0.1) is 4.92 Å². The molecule has 18 heavy (non-hydrogen) atoms. The van der Waals surface area contributed by atoms with E-state index in [0.29, 0.717) is 11.4 Å². The smallest absolute Gasteiger partial charge is 0.413 e. The first kappa shape index (κ1) is 12.1. The highest BCUT2D eigenvalue weighted by atomic mass is 16.6. The lowest BCUT2D eigenvalue weighted by Gasteiger charge is -2.27. The van der Waals surface area contributed by atoms with Gasteiger partial charge in [0.15, 0.2) is 0 Å². The molecule has 1 amide bonds. The molecule has 2 rings (SSSR count). The average molecular weight is 248 g/mol. The maximum atomic E-state index is 11.7. The number of cyclic esters (lactones) is 1. The van der Waals surface area contributed by atoms with Crippen molar-refractivity contribution in [3.63, 3.8) is 0 Å². The Morgan fingerprint density at radius 3 is 2.28 bits per heavy atom. The SMILES string of the molecule is C=C1OC(=O)N(c2ccc([N+](=O)[O-])cc2)C1(C)C. The molecule has 0 spiro atoms. The van der Waals surface area contributed by atoms with E-state index in [1.54, 1.807) is 13.8 Å². The maximum Gasteiger partial charge on any atom is 0.420 e. The lowest BCUT2D eigenvalue weighted by molar-refractivity contribution is -0.384. The molecule has 1 heterocycles. The van der Waals surface area contributed by atoms with Gasteiger partial charge in [-0.3, -0.25) is 15.0 Å². The third-order valence-electron chi connectivity index (χ3n) is 2.95. The van der Waals surface area contributed by atoms with Crippen LogP contribution in [-0.2, 0) is 4.74 Å². The van der Waals surface area contributed by atoms with Crippen LogP contribution in [-0.4, -0.2) is 16.6 Å². The fraction of sp³-hybridized carbons (Fsp3) is 0.250. The van der Waals surface area contributed by atoms with E-state index in [9.17, 15) is 14.9 Å². The Bertz CT molecular complexity index is 534. The maximum absolute atomic E-state index is 11.7. The number of non-ortho nitro benzene ring substituents is 1. The Hall–Kier alpha value is -2.37. The lowest BCUT2D eigenvalue weighted by atomic mass is 10.0. The van der Waals surface area contributed by atoms with E-state index in [0.717, 1.165) is 0 Å². The fourth-order valence-corrected chi connectivity index (χ4v) is 1.78. The quantitative estimate of drug-likeness (QED) is 0.595. The number of nitro groups is 1.